The number of piperazine rings is 1. The Kier molecular flexibility index (Phi) is 9.43. The second-order valence-electron chi connectivity index (χ2n) is 6.53. The van der Waals surface area contributed by atoms with Crippen molar-refractivity contribution in [2.24, 2.45) is 0 Å². The fourth-order valence-corrected chi connectivity index (χ4v) is 3.23. The van der Waals surface area contributed by atoms with Crippen LogP contribution in [-0.2, 0) is 17.8 Å². The lowest BCUT2D eigenvalue weighted by Gasteiger charge is -2.35. The normalized spacial score (nSPS) is 14.1. The Bertz CT molecular complexity index is 735. The van der Waals surface area contributed by atoms with E-state index in [4.69, 9.17) is 5.73 Å². The molecule has 5 nitrogen and oxygen atoms in total. The average Bonchev–Trinajstić information content (AvgIpc) is 2.61. The van der Waals surface area contributed by atoms with Crippen LogP contribution in [0.5, 0.6) is 5.75 Å². The molecule has 1 saturated heterocycles. The molecule has 2 aromatic carbocycles. The lowest BCUT2D eigenvalue weighted by molar-refractivity contribution is -0.132. The van der Waals surface area contributed by atoms with Crippen molar-refractivity contribution in [1.82, 2.24) is 9.80 Å². The van der Waals surface area contributed by atoms with Gasteiger partial charge in [0, 0.05) is 44.8 Å². The van der Waals surface area contributed by atoms with Gasteiger partial charge in [0.1, 0.15) is 5.75 Å². The number of para-hydroxylation sites is 1. The number of halogens is 2. The van der Waals surface area contributed by atoms with Crippen LogP contribution in [0, 0.1) is 0 Å². The predicted molar refractivity (Wildman–Crippen MR) is 114 cm³/mol. The van der Waals surface area contributed by atoms with E-state index >= 15 is 0 Å². The third-order valence-corrected chi connectivity index (χ3v) is 4.71. The molecule has 1 amide bonds. The number of hydrogen-bond donors (Lipinski definition) is 2. The first-order valence-corrected chi connectivity index (χ1v) is 8.73. The third kappa shape index (κ3) is 6.61. The van der Waals surface area contributed by atoms with E-state index in [0.29, 0.717) is 18.6 Å². The Morgan fingerprint density at radius 2 is 1.70 bits per heavy atom. The van der Waals surface area contributed by atoms with E-state index in [2.05, 4.69) is 4.90 Å². The maximum Gasteiger partial charge on any atom is 0.222 e. The highest BCUT2D eigenvalue weighted by Crippen LogP contribution is 2.16. The number of aryl methyl sites for hydroxylation is 1. The first-order valence-electron chi connectivity index (χ1n) is 8.73. The van der Waals surface area contributed by atoms with E-state index in [0.717, 1.165) is 49.5 Å². The van der Waals surface area contributed by atoms with Gasteiger partial charge in [-0.1, -0.05) is 30.3 Å². The average molecular weight is 412 g/mol. The minimum absolute atomic E-state index is 0. The molecule has 0 aliphatic carbocycles. The number of carbonyl (C=O) groups excluding carboxylic acids is 1. The van der Waals surface area contributed by atoms with Crippen molar-refractivity contribution < 1.29 is 9.90 Å². The van der Waals surface area contributed by atoms with E-state index in [1.807, 2.05) is 41.3 Å². The smallest absolute Gasteiger partial charge is 0.222 e. The number of phenolic OH excluding ortho intramolecular Hbond substituents is 1. The number of carbonyl (C=O) groups is 1. The van der Waals surface area contributed by atoms with Crippen LogP contribution in [-0.4, -0.2) is 47.0 Å². The number of rotatable bonds is 5. The quantitative estimate of drug-likeness (QED) is 0.741. The van der Waals surface area contributed by atoms with Crippen molar-refractivity contribution in [3.63, 3.8) is 0 Å². The predicted octanol–water partition coefficient (Wildman–Crippen LogP) is 3.10. The van der Waals surface area contributed by atoms with E-state index < -0.39 is 0 Å². The minimum Gasteiger partial charge on any atom is -0.508 e. The molecule has 1 aliphatic rings. The van der Waals surface area contributed by atoms with Gasteiger partial charge in [-0.2, -0.15) is 0 Å². The third-order valence-electron chi connectivity index (χ3n) is 4.71. The lowest BCUT2D eigenvalue weighted by atomic mass is 10.1. The monoisotopic (exact) mass is 411 g/mol. The number of nitrogens with two attached hydrogens (primary N) is 1. The zero-order valence-corrected chi connectivity index (χ0v) is 16.8. The molecule has 1 fully saturated rings. The summed E-state index contributed by atoms with van der Waals surface area (Å²) in [5, 5.41) is 9.55. The number of phenols is 1. The van der Waals surface area contributed by atoms with E-state index in [-0.39, 0.29) is 30.7 Å². The molecule has 0 bridgehead atoms. The van der Waals surface area contributed by atoms with Gasteiger partial charge in [0.15, 0.2) is 0 Å². The SMILES string of the molecule is Cl.Cl.Nc1ccccc1CCC(=O)N1CCN(Cc2cccc(O)c2)CC1. The minimum atomic E-state index is 0. The van der Waals surface area contributed by atoms with E-state index in [1.54, 1.807) is 12.1 Å². The standard InChI is InChI=1S/C20H25N3O2.2ClH/c21-19-7-2-1-5-17(19)8-9-20(25)23-12-10-22(11-13-23)15-16-4-3-6-18(24)14-16;;/h1-7,14,24H,8-13,15,21H2;2*1H. The molecule has 7 heteroatoms. The van der Waals surface area contributed by atoms with Gasteiger partial charge in [-0.25, -0.2) is 0 Å². The number of nitrogens with zero attached hydrogens (tertiary/aromatic N) is 2. The van der Waals surface area contributed by atoms with Crippen LogP contribution in [0.3, 0.4) is 0 Å². The van der Waals surface area contributed by atoms with Gasteiger partial charge in [-0.3, -0.25) is 9.69 Å². The van der Waals surface area contributed by atoms with Crippen LogP contribution in [0.1, 0.15) is 17.5 Å². The number of nitrogen functional groups attached to an aromatic ring is 1. The maximum absolute atomic E-state index is 12.4. The number of hydrogen-bond acceptors (Lipinski definition) is 4. The van der Waals surface area contributed by atoms with Crippen LogP contribution < -0.4 is 5.73 Å². The van der Waals surface area contributed by atoms with Gasteiger partial charge in [0.25, 0.3) is 0 Å². The fraction of sp³-hybridized carbons (Fsp3) is 0.350. The zero-order chi connectivity index (χ0) is 17.6. The number of benzene rings is 2. The first-order chi connectivity index (χ1) is 12.1. The highest BCUT2D eigenvalue weighted by atomic mass is 35.5. The molecule has 1 aliphatic heterocycles. The van der Waals surface area contributed by atoms with Crippen LogP contribution >= 0.6 is 24.8 Å². The summed E-state index contributed by atoms with van der Waals surface area (Å²) in [5.74, 6) is 0.492. The van der Waals surface area contributed by atoms with Crippen LogP contribution in [0.15, 0.2) is 48.5 Å². The molecule has 148 valence electrons. The Morgan fingerprint density at radius 1 is 1.00 bits per heavy atom. The van der Waals surface area contributed by atoms with Gasteiger partial charge in [0.2, 0.25) is 5.91 Å². The molecular formula is C20H27Cl2N3O2. The van der Waals surface area contributed by atoms with Gasteiger partial charge in [-0.05, 0) is 35.7 Å². The van der Waals surface area contributed by atoms with Gasteiger partial charge >= 0.3 is 0 Å². The summed E-state index contributed by atoms with van der Waals surface area (Å²) in [6, 6.07) is 15.1. The molecule has 27 heavy (non-hydrogen) atoms. The van der Waals surface area contributed by atoms with Crippen molar-refractivity contribution in [2.75, 3.05) is 31.9 Å². The molecule has 0 atom stereocenters. The molecule has 3 rings (SSSR count). The van der Waals surface area contributed by atoms with E-state index in [9.17, 15) is 9.90 Å². The number of amides is 1. The van der Waals surface area contributed by atoms with E-state index in [1.165, 1.54) is 0 Å². The molecular weight excluding hydrogens is 385 g/mol. The Balaban J connectivity index is 0.00000182. The Morgan fingerprint density at radius 3 is 2.37 bits per heavy atom. The zero-order valence-electron chi connectivity index (χ0n) is 15.2. The van der Waals surface area contributed by atoms with Crippen molar-refractivity contribution in [1.29, 1.82) is 0 Å². The summed E-state index contributed by atoms with van der Waals surface area (Å²) in [5.41, 5.74) is 8.83. The van der Waals surface area contributed by atoms with Crippen LogP contribution in [0.4, 0.5) is 5.69 Å². The summed E-state index contributed by atoms with van der Waals surface area (Å²) in [6.07, 6.45) is 1.19. The van der Waals surface area contributed by atoms with Gasteiger partial charge in [0.05, 0.1) is 0 Å². The largest absolute Gasteiger partial charge is 0.508 e. The molecule has 2 aromatic rings. The first kappa shape index (κ1) is 23.1. The summed E-state index contributed by atoms with van der Waals surface area (Å²) >= 11 is 0. The van der Waals surface area contributed by atoms with Crippen molar-refractivity contribution in [3.8, 4) is 5.75 Å². The highest BCUT2D eigenvalue weighted by Gasteiger charge is 2.21. The summed E-state index contributed by atoms with van der Waals surface area (Å²) in [7, 11) is 0. The number of anilines is 1. The van der Waals surface area contributed by atoms with Crippen molar-refractivity contribution in [3.05, 3.63) is 59.7 Å². The molecule has 0 unspecified atom stereocenters. The molecule has 0 aromatic heterocycles. The Labute approximate surface area is 173 Å². The van der Waals surface area contributed by atoms with Crippen LogP contribution in [0.2, 0.25) is 0 Å². The molecule has 3 N–H and O–H groups in total. The van der Waals surface area contributed by atoms with Gasteiger partial charge in [-0.15, -0.1) is 24.8 Å². The second kappa shape index (κ2) is 11.0. The Hall–Kier alpha value is -1.95. The van der Waals surface area contributed by atoms with Crippen molar-refractivity contribution in [2.45, 2.75) is 19.4 Å². The van der Waals surface area contributed by atoms with Gasteiger partial charge < -0.3 is 15.7 Å². The number of aromatic hydroxyl groups is 1. The van der Waals surface area contributed by atoms with Crippen molar-refractivity contribution >= 4 is 36.4 Å². The molecule has 0 radical (unpaired) electrons. The molecule has 1 heterocycles. The summed E-state index contributed by atoms with van der Waals surface area (Å²) in [6.45, 7) is 4.02. The molecule has 0 saturated carbocycles. The maximum atomic E-state index is 12.4. The fourth-order valence-electron chi connectivity index (χ4n) is 3.23. The molecule has 0 spiro atoms. The topological polar surface area (TPSA) is 69.8 Å². The summed E-state index contributed by atoms with van der Waals surface area (Å²) < 4.78 is 0. The lowest BCUT2D eigenvalue weighted by Crippen LogP contribution is -2.48. The second-order valence-corrected chi connectivity index (χ2v) is 6.53. The summed E-state index contributed by atoms with van der Waals surface area (Å²) in [4.78, 5) is 16.7. The highest BCUT2D eigenvalue weighted by molar-refractivity contribution is 5.85. The van der Waals surface area contributed by atoms with Crippen LogP contribution in [0.25, 0.3) is 0 Å².